The maximum atomic E-state index is 8.78. The van der Waals surface area contributed by atoms with Gasteiger partial charge in [0.25, 0.3) is 0 Å². The Bertz CT molecular complexity index is 512. The van der Waals surface area contributed by atoms with Crippen LogP contribution in [0.2, 0.25) is 5.15 Å². The highest BCUT2D eigenvalue weighted by atomic mass is 35.5. The van der Waals surface area contributed by atoms with Crippen molar-refractivity contribution in [2.75, 3.05) is 0 Å². The van der Waals surface area contributed by atoms with E-state index >= 15 is 0 Å². The summed E-state index contributed by atoms with van der Waals surface area (Å²) >= 11 is 7.36. The number of aromatic nitrogens is 1. The van der Waals surface area contributed by atoms with Crippen LogP contribution >= 0.6 is 22.9 Å². The first-order valence-corrected chi connectivity index (χ1v) is 5.36. The molecule has 0 aliphatic rings. The molecule has 0 amide bonds. The number of hydrogen-bond acceptors (Lipinski definition) is 3. The van der Waals surface area contributed by atoms with Crippen molar-refractivity contribution in [2.45, 2.75) is 12.8 Å². The Morgan fingerprint density at radius 2 is 2.36 bits per heavy atom. The Labute approximate surface area is 90.8 Å². The van der Waals surface area contributed by atoms with E-state index in [1.54, 1.807) is 17.4 Å². The second-order valence-corrected chi connectivity index (χ2v) is 4.52. The second-order valence-electron chi connectivity index (χ2n) is 3.02. The SMILES string of the molecule is CC(C#N)c1cc2nc(Cl)ccc2s1. The van der Waals surface area contributed by atoms with Gasteiger partial charge >= 0.3 is 0 Å². The fraction of sp³-hybridized carbons (Fsp3) is 0.200. The van der Waals surface area contributed by atoms with Gasteiger partial charge in [-0.05, 0) is 25.1 Å². The zero-order valence-corrected chi connectivity index (χ0v) is 9.06. The van der Waals surface area contributed by atoms with E-state index in [0.717, 1.165) is 15.1 Å². The summed E-state index contributed by atoms with van der Waals surface area (Å²) in [6.07, 6.45) is 0. The molecule has 0 N–H and O–H groups in total. The van der Waals surface area contributed by atoms with Crippen molar-refractivity contribution in [1.29, 1.82) is 5.26 Å². The van der Waals surface area contributed by atoms with Gasteiger partial charge in [-0.1, -0.05) is 11.6 Å². The van der Waals surface area contributed by atoms with Gasteiger partial charge in [0.05, 0.1) is 22.2 Å². The number of thiophene rings is 1. The zero-order chi connectivity index (χ0) is 10.1. The minimum atomic E-state index is -0.0759. The van der Waals surface area contributed by atoms with E-state index < -0.39 is 0 Å². The minimum Gasteiger partial charge on any atom is -0.235 e. The molecule has 2 aromatic rings. The Hall–Kier alpha value is -1.11. The van der Waals surface area contributed by atoms with Crippen molar-refractivity contribution in [3.05, 3.63) is 28.2 Å². The summed E-state index contributed by atoms with van der Waals surface area (Å²) in [5.74, 6) is -0.0759. The molecule has 14 heavy (non-hydrogen) atoms. The zero-order valence-electron chi connectivity index (χ0n) is 7.49. The van der Waals surface area contributed by atoms with E-state index in [0.29, 0.717) is 5.15 Å². The molecular formula is C10H7ClN2S. The summed E-state index contributed by atoms with van der Waals surface area (Å²) < 4.78 is 1.08. The standard InChI is InChI=1S/C10H7ClN2S/c1-6(5-12)9-4-7-8(14-9)2-3-10(11)13-7/h2-4,6H,1H3. The van der Waals surface area contributed by atoms with Gasteiger partial charge in [0, 0.05) is 4.88 Å². The quantitative estimate of drug-likeness (QED) is 0.692. The highest BCUT2D eigenvalue weighted by molar-refractivity contribution is 7.19. The molecule has 0 spiro atoms. The Kier molecular flexibility index (Phi) is 2.40. The third-order valence-electron chi connectivity index (χ3n) is 1.98. The molecule has 2 nitrogen and oxygen atoms in total. The lowest BCUT2D eigenvalue weighted by molar-refractivity contribution is 1.01. The van der Waals surface area contributed by atoms with Crippen molar-refractivity contribution in [1.82, 2.24) is 4.98 Å². The summed E-state index contributed by atoms with van der Waals surface area (Å²) in [5.41, 5.74) is 0.875. The van der Waals surface area contributed by atoms with Gasteiger partial charge in [-0.15, -0.1) is 11.3 Å². The molecule has 0 fully saturated rings. The number of halogens is 1. The van der Waals surface area contributed by atoms with Crippen LogP contribution in [-0.2, 0) is 0 Å². The topological polar surface area (TPSA) is 36.7 Å². The average molecular weight is 223 g/mol. The van der Waals surface area contributed by atoms with E-state index in [1.807, 2.05) is 19.1 Å². The van der Waals surface area contributed by atoms with E-state index in [1.165, 1.54) is 0 Å². The number of hydrogen-bond donors (Lipinski definition) is 0. The van der Waals surface area contributed by atoms with Crippen molar-refractivity contribution in [3.8, 4) is 6.07 Å². The van der Waals surface area contributed by atoms with Crippen LogP contribution in [0.3, 0.4) is 0 Å². The first-order chi connectivity index (χ1) is 6.70. The molecule has 70 valence electrons. The molecule has 4 heteroatoms. The predicted octanol–water partition coefficient (Wildman–Crippen LogP) is 3.58. The Balaban J connectivity index is 2.58. The van der Waals surface area contributed by atoms with Crippen LogP contribution in [0.25, 0.3) is 10.2 Å². The Morgan fingerprint density at radius 1 is 1.57 bits per heavy atom. The highest BCUT2D eigenvalue weighted by Gasteiger charge is 2.09. The third-order valence-corrected chi connectivity index (χ3v) is 3.46. The maximum Gasteiger partial charge on any atom is 0.129 e. The van der Waals surface area contributed by atoms with Crippen molar-refractivity contribution < 1.29 is 0 Å². The lowest BCUT2D eigenvalue weighted by atomic mass is 10.2. The summed E-state index contributed by atoms with van der Waals surface area (Å²) in [7, 11) is 0. The molecule has 0 saturated heterocycles. The average Bonchev–Trinajstić information content (AvgIpc) is 2.59. The molecule has 2 rings (SSSR count). The summed E-state index contributed by atoms with van der Waals surface area (Å²) in [5, 5.41) is 9.27. The largest absolute Gasteiger partial charge is 0.235 e. The van der Waals surface area contributed by atoms with Gasteiger partial charge in [-0.2, -0.15) is 5.26 Å². The molecule has 1 atom stereocenters. The van der Waals surface area contributed by atoms with Crippen LogP contribution in [-0.4, -0.2) is 4.98 Å². The number of nitriles is 1. The van der Waals surface area contributed by atoms with Gasteiger partial charge in [-0.3, -0.25) is 0 Å². The fourth-order valence-corrected chi connectivity index (χ4v) is 2.35. The molecule has 2 heterocycles. The molecule has 2 aromatic heterocycles. The lowest BCUT2D eigenvalue weighted by Gasteiger charge is -1.92. The molecule has 0 aromatic carbocycles. The third kappa shape index (κ3) is 1.59. The summed E-state index contributed by atoms with van der Waals surface area (Å²) in [6, 6.07) is 7.84. The van der Waals surface area contributed by atoms with Crippen molar-refractivity contribution in [3.63, 3.8) is 0 Å². The van der Waals surface area contributed by atoms with Gasteiger partial charge in [0.2, 0.25) is 0 Å². The second kappa shape index (κ2) is 3.56. The molecule has 0 saturated carbocycles. The monoisotopic (exact) mass is 222 g/mol. The molecular weight excluding hydrogens is 216 g/mol. The number of pyridine rings is 1. The minimum absolute atomic E-state index is 0.0759. The maximum absolute atomic E-state index is 8.78. The molecule has 0 bridgehead atoms. The van der Waals surface area contributed by atoms with Crippen LogP contribution in [0.15, 0.2) is 18.2 Å². The molecule has 0 aliphatic carbocycles. The first-order valence-electron chi connectivity index (χ1n) is 4.16. The van der Waals surface area contributed by atoms with Crippen molar-refractivity contribution in [2.24, 2.45) is 0 Å². The smallest absolute Gasteiger partial charge is 0.129 e. The molecule has 0 aliphatic heterocycles. The van der Waals surface area contributed by atoms with Crippen LogP contribution in [0.4, 0.5) is 0 Å². The number of fused-ring (bicyclic) bond motifs is 1. The van der Waals surface area contributed by atoms with Crippen LogP contribution in [0.5, 0.6) is 0 Å². The summed E-state index contributed by atoms with van der Waals surface area (Å²) in [6.45, 7) is 1.88. The van der Waals surface area contributed by atoms with Crippen LogP contribution in [0.1, 0.15) is 17.7 Å². The van der Waals surface area contributed by atoms with Gasteiger partial charge in [0.1, 0.15) is 5.15 Å². The lowest BCUT2D eigenvalue weighted by Crippen LogP contribution is -1.81. The van der Waals surface area contributed by atoms with Gasteiger partial charge in [0.15, 0.2) is 0 Å². The van der Waals surface area contributed by atoms with Crippen LogP contribution in [0, 0.1) is 11.3 Å². The first kappa shape index (κ1) is 9.45. The number of rotatable bonds is 1. The van der Waals surface area contributed by atoms with Gasteiger partial charge < -0.3 is 0 Å². The van der Waals surface area contributed by atoms with E-state index in [-0.39, 0.29) is 5.92 Å². The highest BCUT2D eigenvalue weighted by Crippen LogP contribution is 2.30. The van der Waals surface area contributed by atoms with E-state index in [2.05, 4.69) is 11.1 Å². The predicted molar refractivity (Wildman–Crippen MR) is 58.7 cm³/mol. The normalized spacial score (nSPS) is 12.6. The summed E-state index contributed by atoms with van der Waals surface area (Å²) in [4.78, 5) is 5.22. The van der Waals surface area contributed by atoms with E-state index in [4.69, 9.17) is 16.9 Å². The fourth-order valence-electron chi connectivity index (χ4n) is 1.20. The molecule has 0 radical (unpaired) electrons. The van der Waals surface area contributed by atoms with Gasteiger partial charge in [-0.25, -0.2) is 4.98 Å². The van der Waals surface area contributed by atoms with Crippen molar-refractivity contribution >= 4 is 33.2 Å². The van der Waals surface area contributed by atoms with E-state index in [9.17, 15) is 0 Å². The Morgan fingerprint density at radius 3 is 3.07 bits per heavy atom. The van der Waals surface area contributed by atoms with Crippen LogP contribution < -0.4 is 0 Å². The molecule has 1 unspecified atom stereocenters. The number of nitrogens with zero attached hydrogens (tertiary/aromatic N) is 2.